The van der Waals surface area contributed by atoms with Gasteiger partial charge in [0.2, 0.25) is 0 Å². The zero-order chi connectivity index (χ0) is 10.6. The highest BCUT2D eigenvalue weighted by Gasteiger charge is 2.09. The Labute approximate surface area is 86.4 Å². The van der Waals surface area contributed by atoms with Crippen molar-refractivity contribution in [2.75, 3.05) is 6.26 Å². The molecule has 1 aromatic carbocycles. The fourth-order valence-electron chi connectivity index (χ4n) is 1.18. The fraction of sp³-hybridized carbons (Fsp3) is 0.200. The van der Waals surface area contributed by atoms with E-state index >= 15 is 0 Å². The maximum atomic E-state index is 10.5. The molecule has 14 heavy (non-hydrogen) atoms. The first-order valence-electron chi connectivity index (χ1n) is 3.96. The van der Waals surface area contributed by atoms with Crippen molar-refractivity contribution in [1.82, 2.24) is 0 Å². The molecule has 0 unspecified atom stereocenters. The van der Waals surface area contributed by atoms with E-state index in [-0.39, 0.29) is 6.42 Å². The van der Waals surface area contributed by atoms with Gasteiger partial charge in [0, 0.05) is 4.90 Å². The number of nitriles is 1. The van der Waals surface area contributed by atoms with Crippen LogP contribution >= 0.6 is 11.8 Å². The smallest absolute Gasteiger partial charge is 0.307 e. The lowest BCUT2D eigenvalue weighted by Crippen LogP contribution is -2.02. The Bertz CT molecular complexity index is 396. The lowest BCUT2D eigenvalue weighted by Gasteiger charge is -2.04. The zero-order valence-electron chi connectivity index (χ0n) is 7.65. The molecule has 0 saturated carbocycles. The number of benzene rings is 1. The number of hydrogen-bond acceptors (Lipinski definition) is 3. The molecule has 1 aromatic rings. The van der Waals surface area contributed by atoms with Crippen LogP contribution < -0.4 is 0 Å². The van der Waals surface area contributed by atoms with Crippen LogP contribution in [0, 0.1) is 11.3 Å². The van der Waals surface area contributed by atoms with Crippen LogP contribution in [0.4, 0.5) is 0 Å². The molecule has 0 saturated heterocycles. The molecule has 0 spiro atoms. The molecule has 0 aliphatic carbocycles. The minimum atomic E-state index is -0.917. The Morgan fingerprint density at radius 3 is 2.86 bits per heavy atom. The Morgan fingerprint density at radius 1 is 1.64 bits per heavy atom. The topological polar surface area (TPSA) is 61.1 Å². The molecule has 0 amide bonds. The van der Waals surface area contributed by atoms with Gasteiger partial charge in [-0.15, -0.1) is 11.8 Å². The van der Waals surface area contributed by atoms with Gasteiger partial charge >= 0.3 is 5.97 Å². The third kappa shape index (κ3) is 2.27. The van der Waals surface area contributed by atoms with E-state index in [0.717, 1.165) is 4.90 Å². The first-order chi connectivity index (χ1) is 6.69. The molecule has 3 nitrogen and oxygen atoms in total. The third-order valence-electron chi connectivity index (χ3n) is 1.79. The van der Waals surface area contributed by atoms with Crippen molar-refractivity contribution in [1.29, 1.82) is 5.26 Å². The second-order valence-corrected chi connectivity index (χ2v) is 3.52. The first kappa shape index (κ1) is 10.6. The van der Waals surface area contributed by atoms with Crippen LogP contribution in [0.2, 0.25) is 0 Å². The van der Waals surface area contributed by atoms with E-state index in [1.165, 1.54) is 11.8 Å². The number of hydrogen-bond donors (Lipinski definition) is 1. The summed E-state index contributed by atoms with van der Waals surface area (Å²) in [6.07, 6.45) is 1.76. The summed E-state index contributed by atoms with van der Waals surface area (Å²) in [7, 11) is 0. The molecule has 0 fully saturated rings. The standard InChI is InChI=1S/C10H9NO2S/c1-14-9-4-2-3-7(5-10(12)13)8(9)6-11/h2-4H,5H2,1H3,(H,12,13). The van der Waals surface area contributed by atoms with Crippen molar-refractivity contribution in [2.24, 2.45) is 0 Å². The fourth-order valence-corrected chi connectivity index (χ4v) is 1.78. The number of carboxylic acids is 1. The van der Waals surface area contributed by atoms with Crippen LogP contribution in [0.3, 0.4) is 0 Å². The largest absolute Gasteiger partial charge is 0.481 e. The van der Waals surface area contributed by atoms with E-state index in [4.69, 9.17) is 10.4 Å². The summed E-state index contributed by atoms with van der Waals surface area (Å²) in [6, 6.07) is 7.29. The Balaban J connectivity index is 3.17. The predicted molar refractivity (Wildman–Crippen MR) is 54.3 cm³/mol. The van der Waals surface area contributed by atoms with Gasteiger partial charge in [0.1, 0.15) is 6.07 Å². The molecular weight excluding hydrogens is 198 g/mol. The van der Waals surface area contributed by atoms with E-state index < -0.39 is 5.97 Å². The molecular formula is C10H9NO2S. The highest BCUT2D eigenvalue weighted by atomic mass is 32.2. The van der Waals surface area contributed by atoms with Crippen molar-refractivity contribution in [3.63, 3.8) is 0 Å². The SMILES string of the molecule is CSc1cccc(CC(=O)O)c1C#N. The molecule has 0 heterocycles. The number of aliphatic carboxylic acids is 1. The molecule has 0 radical (unpaired) electrons. The Kier molecular flexibility index (Phi) is 3.55. The van der Waals surface area contributed by atoms with Crippen molar-refractivity contribution in [2.45, 2.75) is 11.3 Å². The van der Waals surface area contributed by atoms with Crippen LogP contribution in [-0.2, 0) is 11.2 Å². The second kappa shape index (κ2) is 4.68. The predicted octanol–water partition coefficient (Wildman–Crippen LogP) is 1.91. The van der Waals surface area contributed by atoms with Gasteiger partial charge in [-0.3, -0.25) is 4.79 Å². The molecule has 0 aliphatic heterocycles. The lowest BCUT2D eigenvalue weighted by atomic mass is 10.1. The van der Waals surface area contributed by atoms with E-state index in [9.17, 15) is 4.79 Å². The maximum absolute atomic E-state index is 10.5. The number of carbonyl (C=O) groups is 1. The van der Waals surface area contributed by atoms with Gasteiger partial charge in [-0.05, 0) is 17.9 Å². The summed E-state index contributed by atoms with van der Waals surface area (Å²) >= 11 is 1.45. The molecule has 0 aliphatic rings. The molecule has 1 rings (SSSR count). The van der Waals surface area contributed by atoms with Crippen LogP contribution in [0.1, 0.15) is 11.1 Å². The highest BCUT2D eigenvalue weighted by molar-refractivity contribution is 7.98. The molecule has 1 N–H and O–H groups in total. The van der Waals surface area contributed by atoms with Crippen molar-refractivity contribution < 1.29 is 9.90 Å². The lowest BCUT2D eigenvalue weighted by molar-refractivity contribution is -0.136. The number of carboxylic acid groups (broad SMARTS) is 1. The van der Waals surface area contributed by atoms with E-state index in [1.54, 1.807) is 12.1 Å². The van der Waals surface area contributed by atoms with E-state index in [0.29, 0.717) is 11.1 Å². The van der Waals surface area contributed by atoms with E-state index in [2.05, 4.69) is 0 Å². The van der Waals surface area contributed by atoms with Gasteiger partial charge in [-0.1, -0.05) is 12.1 Å². The van der Waals surface area contributed by atoms with Gasteiger partial charge in [-0.2, -0.15) is 5.26 Å². The van der Waals surface area contributed by atoms with Crippen molar-refractivity contribution in [3.8, 4) is 6.07 Å². The van der Waals surface area contributed by atoms with Gasteiger partial charge < -0.3 is 5.11 Å². The molecule has 72 valence electrons. The Morgan fingerprint density at radius 2 is 2.36 bits per heavy atom. The molecule has 0 bridgehead atoms. The average molecular weight is 207 g/mol. The monoisotopic (exact) mass is 207 g/mol. The summed E-state index contributed by atoms with van der Waals surface area (Å²) in [5, 5.41) is 17.5. The van der Waals surface area contributed by atoms with Crippen LogP contribution in [0.5, 0.6) is 0 Å². The minimum Gasteiger partial charge on any atom is -0.481 e. The highest BCUT2D eigenvalue weighted by Crippen LogP contribution is 2.22. The summed E-state index contributed by atoms with van der Waals surface area (Å²) in [5.41, 5.74) is 1.05. The quantitative estimate of drug-likeness (QED) is 0.769. The summed E-state index contributed by atoms with van der Waals surface area (Å²) in [6.45, 7) is 0. The molecule has 4 heteroatoms. The summed E-state index contributed by atoms with van der Waals surface area (Å²) in [5.74, 6) is -0.917. The first-order valence-corrected chi connectivity index (χ1v) is 5.19. The third-order valence-corrected chi connectivity index (χ3v) is 2.57. The number of thioether (sulfide) groups is 1. The van der Waals surface area contributed by atoms with Crippen LogP contribution in [0.15, 0.2) is 23.1 Å². The number of rotatable bonds is 3. The normalized spacial score (nSPS) is 9.43. The van der Waals surface area contributed by atoms with Crippen LogP contribution in [-0.4, -0.2) is 17.3 Å². The maximum Gasteiger partial charge on any atom is 0.307 e. The zero-order valence-corrected chi connectivity index (χ0v) is 8.47. The van der Waals surface area contributed by atoms with Gasteiger partial charge in [0.15, 0.2) is 0 Å². The Hall–Kier alpha value is -1.47. The molecule has 0 atom stereocenters. The van der Waals surface area contributed by atoms with Gasteiger partial charge in [0.25, 0.3) is 0 Å². The summed E-state index contributed by atoms with van der Waals surface area (Å²) < 4.78 is 0. The van der Waals surface area contributed by atoms with Gasteiger partial charge in [0.05, 0.1) is 12.0 Å². The van der Waals surface area contributed by atoms with Crippen molar-refractivity contribution in [3.05, 3.63) is 29.3 Å². The van der Waals surface area contributed by atoms with Gasteiger partial charge in [-0.25, -0.2) is 0 Å². The molecule has 0 aromatic heterocycles. The van der Waals surface area contributed by atoms with Crippen LogP contribution in [0.25, 0.3) is 0 Å². The second-order valence-electron chi connectivity index (χ2n) is 2.68. The average Bonchev–Trinajstić information content (AvgIpc) is 2.16. The number of nitrogens with zero attached hydrogens (tertiary/aromatic N) is 1. The van der Waals surface area contributed by atoms with E-state index in [1.807, 2.05) is 18.4 Å². The van der Waals surface area contributed by atoms with Crippen molar-refractivity contribution >= 4 is 17.7 Å². The minimum absolute atomic E-state index is 0.0999. The summed E-state index contributed by atoms with van der Waals surface area (Å²) in [4.78, 5) is 11.3.